The van der Waals surface area contributed by atoms with Gasteiger partial charge in [-0.2, -0.15) is 0 Å². The molecule has 3 aromatic carbocycles. The van der Waals surface area contributed by atoms with Crippen molar-refractivity contribution in [1.82, 2.24) is 0 Å². The van der Waals surface area contributed by atoms with Crippen molar-refractivity contribution >= 4 is 16.9 Å². The van der Waals surface area contributed by atoms with Gasteiger partial charge in [-0.3, -0.25) is 0 Å². The van der Waals surface area contributed by atoms with E-state index in [-0.39, 0.29) is 5.75 Å². The van der Waals surface area contributed by atoms with E-state index in [0.717, 1.165) is 5.56 Å². The Morgan fingerprint density at radius 1 is 0.839 bits per heavy atom. The van der Waals surface area contributed by atoms with Gasteiger partial charge in [-0.1, -0.05) is 17.7 Å². The van der Waals surface area contributed by atoms with Crippen LogP contribution in [0.1, 0.15) is 15.9 Å². The maximum Gasteiger partial charge on any atom is 0.344 e. The first kappa shape index (κ1) is 20.2. The van der Waals surface area contributed by atoms with Crippen LogP contribution in [0.3, 0.4) is 0 Å². The van der Waals surface area contributed by atoms with Gasteiger partial charge < -0.3 is 18.6 Å². The van der Waals surface area contributed by atoms with Crippen molar-refractivity contribution in [3.63, 3.8) is 0 Å². The van der Waals surface area contributed by atoms with E-state index in [1.807, 2.05) is 13.0 Å². The van der Waals surface area contributed by atoms with Gasteiger partial charge >= 0.3 is 11.6 Å². The molecule has 4 aromatic rings. The molecule has 0 radical (unpaired) electrons. The second kappa shape index (κ2) is 8.36. The molecule has 31 heavy (non-hydrogen) atoms. The molecule has 0 unspecified atom stereocenters. The molecule has 156 valence electrons. The van der Waals surface area contributed by atoms with Crippen LogP contribution in [0.4, 0.5) is 0 Å². The third kappa shape index (κ3) is 4.14. The minimum atomic E-state index is -0.541. The van der Waals surface area contributed by atoms with Crippen molar-refractivity contribution in [1.29, 1.82) is 0 Å². The van der Waals surface area contributed by atoms with Gasteiger partial charge in [0.1, 0.15) is 22.8 Å². The lowest BCUT2D eigenvalue weighted by Gasteiger charge is -2.11. The Balaban J connectivity index is 1.70. The summed E-state index contributed by atoms with van der Waals surface area (Å²) in [7, 11) is 3.08. The van der Waals surface area contributed by atoms with Crippen molar-refractivity contribution < 1.29 is 23.4 Å². The van der Waals surface area contributed by atoms with Crippen LogP contribution in [0.2, 0.25) is 0 Å². The smallest absolute Gasteiger partial charge is 0.344 e. The van der Waals surface area contributed by atoms with Gasteiger partial charge in [-0.25, -0.2) is 9.59 Å². The van der Waals surface area contributed by atoms with Crippen molar-refractivity contribution in [2.75, 3.05) is 14.2 Å². The summed E-state index contributed by atoms with van der Waals surface area (Å²) >= 11 is 0. The Kier molecular flexibility index (Phi) is 5.45. The monoisotopic (exact) mass is 416 g/mol. The zero-order chi connectivity index (χ0) is 22.0. The molecule has 0 spiro atoms. The lowest BCUT2D eigenvalue weighted by atomic mass is 10.0. The lowest BCUT2D eigenvalue weighted by Crippen LogP contribution is -2.09. The molecule has 1 aromatic heterocycles. The quantitative estimate of drug-likeness (QED) is 0.259. The summed E-state index contributed by atoms with van der Waals surface area (Å²) in [5.74, 6) is 0.918. The first-order valence-electron chi connectivity index (χ1n) is 9.57. The highest BCUT2D eigenvalue weighted by Gasteiger charge is 2.15. The molecule has 0 aliphatic heterocycles. The van der Waals surface area contributed by atoms with Crippen LogP contribution in [0, 0.1) is 6.92 Å². The van der Waals surface area contributed by atoms with Gasteiger partial charge in [0.25, 0.3) is 0 Å². The number of aryl methyl sites for hydroxylation is 1. The molecule has 4 rings (SSSR count). The van der Waals surface area contributed by atoms with E-state index < -0.39 is 11.6 Å². The second-order valence-corrected chi connectivity index (χ2v) is 6.97. The predicted molar refractivity (Wildman–Crippen MR) is 117 cm³/mol. The SMILES string of the molecule is COc1ccc(OC)c(-c2cc3ccc(OC(=O)c4cccc(C)c4)cc3oc2=O)c1. The van der Waals surface area contributed by atoms with Crippen LogP contribution in [0.25, 0.3) is 22.1 Å². The number of rotatable bonds is 5. The maximum absolute atomic E-state index is 12.7. The largest absolute Gasteiger partial charge is 0.497 e. The Morgan fingerprint density at radius 3 is 2.39 bits per heavy atom. The van der Waals surface area contributed by atoms with Gasteiger partial charge in [-0.15, -0.1) is 0 Å². The van der Waals surface area contributed by atoms with Crippen LogP contribution >= 0.6 is 0 Å². The fraction of sp³-hybridized carbons (Fsp3) is 0.120. The number of methoxy groups -OCH3 is 2. The number of carbonyl (C=O) groups is 1. The van der Waals surface area contributed by atoms with Crippen molar-refractivity contribution in [2.24, 2.45) is 0 Å². The maximum atomic E-state index is 12.7. The number of hydrogen-bond acceptors (Lipinski definition) is 6. The molecular weight excluding hydrogens is 396 g/mol. The predicted octanol–water partition coefficient (Wildman–Crippen LogP) is 5.00. The highest BCUT2D eigenvalue weighted by atomic mass is 16.5. The van der Waals surface area contributed by atoms with Crippen LogP contribution in [0.15, 0.2) is 75.9 Å². The van der Waals surface area contributed by atoms with E-state index in [0.29, 0.717) is 39.2 Å². The molecular formula is C25H20O6. The molecule has 0 saturated heterocycles. The van der Waals surface area contributed by atoms with Crippen LogP contribution in [-0.2, 0) is 0 Å². The highest BCUT2D eigenvalue weighted by molar-refractivity contribution is 5.92. The molecule has 0 N–H and O–H groups in total. The van der Waals surface area contributed by atoms with E-state index in [1.165, 1.54) is 13.2 Å². The van der Waals surface area contributed by atoms with Gasteiger partial charge in [0.05, 0.1) is 25.3 Å². The van der Waals surface area contributed by atoms with E-state index in [2.05, 4.69) is 0 Å². The van der Waals surface area contributed by atoms with Crippen molar-refractivity contribution in [3.8, 4) is 28.4 Å². The van der Waals surface area contributed by atoms with Crippen molar-refractivity contribution in [2.45, 2.75) is 6.92 Å². The number of carbonyl (C=O) groups excluding carboxylic acids is 1. The average molecular weight is 416 g/mol. The van der Waals surface area contributed by atoms with E-state index >= 15 is 0 Å². The van der Waals surface area contributed by atoms with Crippen LogP contribution in [0.5, 0.6) is 17.2 Å². The summed E-state index contributed by atoms with van der Waals surface area (Å²) in [6, 6.07) is 18.9. The van der Waals surface area contributed by atoms with Gasteiger partial charge in [-0.05, 0) is 55.5 Å². The second-order valence-electron chi connectivity index (χ2n) is 6.97. The topological polar surface area (TPSA) is 75.0 Å². The molecule has 0 fully saturated rings. The molecule has 0 bridgehead atoms. The summed E-state index contributed by atoms with van der Waals surface area (Å²) in [6.45, 7) is 1.90. The summed E-state index contributed by atoms with van der Waals surface area (Å²) in [5.41, 5.74) is 2.08. The average Bonchev–Trinajstić information content (AvgIpc) is 2.78. The first-order chi connectivity index (χ1) is 15.0. The van der Waals surface area contributed by atoms with Gasteiger partial charge in [0.15, 0.2) is 0 Å². The van der Waals surface area contributed by atoms with E-state index in [9.17, 15) is 9.59 Å². The van der Waals surface area contributed by atoms with E-state index in [4.69, 9.17) is 18.6 Å². The Morgan fingerprint density at radius 2 is 1.65 bits per heavy atom. The fourth-order valence-corrected chi connectivity index (χ4v) is 3.31. The Hall–Kier alpha value is -4.06. The van der Waals surface area contributed by atoms with E-state index in [1.54, 1.807) is 61.7 Å². The molecule has 0 amide bonds. The molecule has 6 nitrogen and oxygen atoms in total. The fourth-order valence-electron chi connectivity index (χ4n) is 3.31. The molecule has 6 heteroatoms. The number of hydrogen-bond donors (Lipinski definition) is 0. The molecule has 0 aliphatic carbocycles. The number of fused-ring (bicyclic) bond motifs is 1. The third-order valence-corrected chi connectivity index (χ3v) is 4.87. The van der Waals surface area contributed by atoms with Gasteiger partial charge in [0.2, 0.25) is 0 Å². The Bertz CT molecular complexity index is 1340. The van der Waals surface area contributed by atoms with Crippen LogP contribution < -0.4 is 19.8 Å². The molecule has 1 heterocycles. The lowest BCUT2D eigenvalue weighted by molar-refractivity contribution is 0.0735. The summed E-state index contributed by atoms with van der Waals surface area (Å²) < 4.78 is 21.6. The first-order valence-corrected chi connectivity index (χ1v) is 9.57. The number of ether oxygens (including phenoxy) is 3. The van der Waals surface area contributed by atoms with Crippen LogP contribution in [-0.4, -0.2) is 20.2 Å². The Labute approximate surface area is 178 Å². The number of benzene rings is 3. The summed E-state index contributed by atoms with van der Waals surface area (Å²) in [4.78, 5) is 25.1. The number of esters is 1. The zero-order valence-electron chi connectivity index (χ0n) is 17.3. The van der Waals surface area contributed by atoms with Crippen molar-refractivity contribution in [3.05, 3.63) is 88.3 Å². The standard InChI is InChI=1S/C25H20O6/c1-15-5-4-6-17(11-15)24(26)30-19-8-7-16-12-21(25(27)31-23(16)14-19)20-13-18(28-2)9-10-22(20)29-3/h4-14H,1-3H3. The minimum absolute atomic E-state index is 0.286. The van der Waals surface area contributed by atoms with Gasteiger partial charge in [0, 0.05) is 17.0 Å². The zero-order valence-corrected chi connectivity index (χ0v) is 17.3. The molecule has 0 atom stereocenters. The third-order valence-electron chi connectivity index (χ3n) is 4.87. The minimum Gasteiger partial charge on any atom is -0.497 e. The molecule has 0 aliphatic rings. The summed E-state index contributed by atoms with van der Waals surface area (Å²) in [5, 5.41) is 0.676. The highest BCUT2D eigenvalue weighted by Crippen LogP contribution is 2.33. The molecule has 0 saturated carbocycles. The summed E-state index contributed by atoms with van der Waals surface area (Å²) in [6.07, 6.45) is 0. The normalized spacial score (nSPS) is 10.7.